The van der Waals surface area contributed by atoms with E-state index < -0.39 is 24.1 Å². The second kappa shape index (κ2) is 9.53. The zero-order chi connectivity index (χ0) is 20.1. The molecule has 27 heavy (non-hydrogen) atoms. The molecule has 0 spiro atoms. The van der Waals surface area contributed by atoms with Gasteiger partial charge in [-0.1, -0.05) is 26.2 Å². The lowest BCUT2D eigenvalue weighted by Gasteiger charge is -2.35. The number of carbonyl (C=O) groups is 3. The van der Waals surface area contributed by atoms with Gasteiger partial charge in [0, 0.05) is 6.04 Å². The van der Waals surface area contributed by atoms with Crippen molar-refractivity contribution >= 4 is 17.8 Å². The molecule has 7 nitrogen and oxygen atoms in total. The number of nitrogens with zero attached hydrogens (tertiary/aromatic N) is 1. The van der Waals surface area contributed by atoms with Crippen molar-refractivity contribution in [3.63, 3.8) is 0 Å². The van der Waals surface area contributed by atoms with Gasteiger partial charge in [0.1, 0.15) is 12.1 Å². The van der Waals surface area contributed by atoms with E-state index in [1.165, 1.54) is 0 Å². The van der Waals surface area contributed by atoms with Crippen LogP contribution in [-0.2, 0) is 19.1 Å². The third-order valence-corrected chi connectivity index (χ3v) is 5.66. The van der Waals surface area contributed by atoms with Crippen molar-refractivity contribution in [2.75, 3.05) is 0 Å². The van der Waals surface area contributed by atoms with Crippen LogP contribution < -0.4 is 5.32 Å². The number of carboxylic acids is 1. The summed E-state index contributed by atoms with van der Waals surface area (Å²) in [7, 11) is 0. The number of likely N-dealkylation sites (tertiary alicyclic amines) is 1. The summed E-state index contributed by atoms with van der Waals surface area (Å²) in [6.45, 7) is 7.26. The average molecular weight is 383 g/mol. The molecule has 0 bridgehead atoms. The molecule has 1 heterocycles. The Morgan fingerprint density at radius 2 is 1.85 bits per heavy atom. The first-order valence-electron chi connectivity index (χ1n) is 10.3. The van der Waals surface area contributed by atoms with Crippen molar-refractivity contribution in [2.24, 2.45) is 5.92 Å². The highest BCUT2D eigenvalue weighted by atomic mass is 16.5. The fourth-order valence-corrected chi connectivity index (χ4v) is 4.47. The van der Waals surface area contributed by atoms with Crippen LogP contribution in [0, 0.1) is 5.92 Å². The summed E-state index contributed by atoms with van der Waals surface area (Å²) in [5.41, 5.74) is 0. The fraction of sp³-hybridized carbons (Fsp3) is 0.850. The summed E-state index contributed by atoms with van der Waals surface area (Å²) in [6.07, 6.45) is 5.63. The van der Waals surface area contributed by atoms with Gasteiger partial charge < -0.3 is 14.7 Å². The van der Waals surface area contributed by atoms with E-state index in [9.17, 15) is 19.5 Å². The van der Waals surface area contributed by atoms with E-state index in [2.05, 4.69) is 5.32 Å². The van der Waals surface area contributed by atoms with Gasteiger partial charge in [0.05, 0.1) is 12.1 Å². The molecular weight excluding hydrogens is 348 g/mol. The summed E-state index contributed by atoms with van der Waals surface area (Å²) >= 11 is 0. The first-order valence-corrected chi connectivity index (χ1v) is 10.3. The van der Waals surface area contributed by atoms with E-state index in [4.69, 9.17) is 4.74 Å². The Labute approximate surface area is 161 Å². The van der Waals surface area contributed by atoms with Crippen LogP contribution in [0.25, 0.3) is 0 Å². The van der Waals surface area contributed by atoms with E-state index in [1.54, 1.807) is 25.7 Å². The lowest BCUT2D eigenvalue weighted by Crippen LogP contribution is -2.55. The monoisotopic (exact) mass is 382 g/mol. The zero-order valence-electron chi connectivity index (χ0n) is 16.9. The molecule has 2 N–H and O–H groups in total. The molecule has 2 fully saturated rings. The summed E-state index contributed by atoms with van der Waals surface area (Å²) in [6, 6.07) is -1.96. The Balaban J connectivity index is 2.10. The molecule has 5 unspecified atom stereocenters. The number of rotatable bonds is 8. The molecule has 0 aromatic heterocycles. The maximum Gasteiger partial charge on any atom is 0.326 e. The van der Waals surface area contributed by atoms with Crippen LogP contribution in [0.1, 0.15) is 72.6 Å². The Hall–Kier alpha value is -1.63. The van der Waals surface area contributed by atoms with Gasteiger partial charge in [0.2, 0.25) is 5.91 Å². The van der Waals surface area contributed by atoms with Crippen molar-refractivity contribution < 1.29 is 24.2 Å². The number of hydrogen-bond donors (Lipinski definition) is 2. The first-order chi connectivity index (χ1) is 12.8. The first kappa shape index (κ1) is 21.7. The molecule has 0 aromatic carbocycles. The van der Waals surface area contributed by atoms with Crippen LogP contribution >= 0.6 is 0 Å². The smallest absolute Gasteiger partial charge is 0.326 e. The van der Waals surface area contributed by atoms with Crippen molar-refractivity contribution in [3.8, 4) is 0 Å². The average Bonchev–Trinajstić information content (AvgIpc) is 2.99. The highest BCUT2D eigenvalue weighted by Gasteiger charge is 2.48. The topological polar surface area (TPSA) is 95.9 Å². The number of nitrogens with one attached hydrogen (secondary N) is 1. The van der Waals surface area contributed by atoms with Crippen molar-refractivity contribution in [3.05, 3.63) is 0 Å². The molecule has 1 aliphatic carbocycles. The number of amides is 1. The molecular formula is C20H34N2O5. The molecule has 7 heteroatoms. The van der Waals surface area contributed by atoms with Crippen LogP contribution in [0.4, 0.5) is 0 Å². The predicted molar refractivity (Wildman–Crippen MR) is 101 cm³/mol. The van der Waals surface area contributed by atoms with Gasteiger partial charge in [-0.2, -0.15) is 0 Å². The third kappa shape index (κ3) is 5.21. The molecule has 0 radical (unpaired) electrons. The largest absolute Gasteiger partial charge is 0.480 e. The molecule has 1 saturated heterocycles. The van der Waals surface area contributed by atoms with Gasteiger partial charge in [-0.25, -0.2) is 4.79 Å². The van der Waals surface area contributed by atoms with E-state index in [0.717, 1.165) is 32.1 Å². The Morgan fingerprint density at radius 1 is 1.19 bits per heavy atom. The molecule has 0 aromatic rings. The number of aliphatic carboxylic acids is 1. The Kier molecular flexibility index (Phi) is 7.65. The number of ether oxygens (including phenoxy) is 1. The predicted octanol–water partition coefficient (Wildman–Crippen LogP) is 2.33. The van der Waals surface area contributed by atoms with Crippen LogP contribution in [-0.4, -0.2) is 58.1 Å². The standard InChI is InChI=1S/C20H34N2O5/c1-5-8-15(20(26)27-12(2)3)21-13(4)18(23)22-16-10-7-6-9-14(16)11-17(22)19(24)25/h12-17,21H,5-11H2,1-4H3,(H,24,25). The molecule has 2 rings (SSSR count). The molecule has 1 saturated carbocycles. The number of fused-ring (bicyclic) bond motifs is 1. The quantitative estimate of drug-likeness (QED) is 0.626. The van der Waals surface area contributed by atoms with Gasteiger partial charge in [-0.15, -0.1) is 0 Å². The number of hydrogen-bond acceptors (Lipinski definition) is 5. The lowest BCUT2D eigenvalue weighted by atomic mass is 9.84. The van der Waals surface area contributed by atoms with Gasteiger partial charge in [-0.3, -0.25) is 14.9 Å². The highest BCUT2D eigenvalue weighted by Crippen LogP contribution is 2.40. The van der Waals surface area contributed by atoms with Gasteiger partial charge in [-0.05, 0) is 52.4 Å². The fourth-order valence-electron chi connectivity index (χ4n) is 4.47. The normalized spacial score (nSPS) is 27.1. The van der Waals surface area contributed by atoms with Crippen LogP contribution in [0.3, 0.4) is 0 Å². The third-order valence-electron chi connectivity index (χ3n) is 5.66. The number of esters is 1. The summed E-state index contributed by atoms with van der Waals surface area (Å²) in [5.74, 6) is -1.25. The van der Waals surface area contributed by atoms with E-state index in [-0.39, 0.29) is 29.9 Å². The molecule has 5 atom stereocenters. The van der Waals surface area contributed by atoms with Gasteiger partial charge >= 0.3 is 11.9 Å². The summed E-state index contributed by atoms with van der Waals surface area (Å²) in [5, 5.41) is 12.7. The van der Waals surface area contributed by atoms with E-state index >= 15 is 0 Å². The molecule has 154 valence electrons. The number of carboxylic acid groups (broad SMARTS) is 1. The zero-order valence-corrected chi connectivity index (χ0v) is 16.9. The second-order valence-corrected chi connectivity index (χ2v) is 8.16. The van der Waals surface area contributed by atoms with Crippen LogP contribution in [0.15, 0.2) is 0 Å². The minimum Gasteiger partial charge on any atom is -0.480 e. The SMILES string of the molecule is CCCC(NC(C)C(=O)N1C(C(=O)O)CC2CCCCC21)C(=O)OC(C)C. The van der Waals surface area contributed by atoms with Crippen molar-refractivity contribution in [1.29, 1.82) is 0 Å². The van der Waals surface area contributed by atoms with Crippen molar-refractivity contribution in [2.45, 2.75) is 103 Å². The summed E-state index contributed by atoms with van der Waals surface area (Å²) in [4.78, 5) is 38.8. The minimum absolute atomic E-state index is 0.00356. The molecule has 1 amide bonds. The molecule has 1 aliphatic heterocycles. The van der Waals surface area contributed by atoms with Crippen LogP contribution in [0.2, 0.25) is 0 Å². The highest BCUT2D eigenvalue weighted by molar-refractivity contribution is 5.88. The molecule has 2 aliphatic rings. The second-order valence-electron chi connectivity index (χ2n) is 8.16. The summed E-state index contributed by atoms with van der Waals surface area (Å²) < 4.78 is 5.30. The maximum absolute atomic E-state index is 13.1. The lowest BCUT2D eigenvalue weighted by molar-refractivity contribution is -0.153. The Morgan fingerprint density at radius 3 is 2.44 bits per heavy atom. The Bertz CT molecular complexity index is 550. The number of carbonyl (C=O) groups excluding carboxylic acids is 2. The van der Waals surface area contributed by atoms with E-state index in [1.807, 2.05) is 6.92 Å². The van der Waals surface area contributed by atoms with Crippen LogP contribution in [0.5, 0.6) is 0 Å². The van der Waals surface area contributed by atoms with E-state index in [0.29, 0.717) is 12.8 Å². The van der Waals surface area contributed by atoms with Gasteiger partial charge in [0.25, 0.3) is 0 Å². The van der Waals surface area contributed by atoms with Crippen molar-refractivity contribution in [1.82, 2.24) is 10.2 Å². The minimum atomic E-state index is -0.936. The van der Waals surface area contributed by atoms with Gasteiger partial charge in [0.15, 0.2) is 0 Å². The maximum atomic E-state index is 13.1.